The van der Waals surface area contributed by atoms with Gasteiger partial charge in [0.1, 0.15) is 0 Å². The summed E-state index contributed by atoms with van der Waals surface area (Å²) in [5, 5.41) is 0. The van der Waals surface area contributed by atoms with E-state index in [4.69, 9.17) is 0 Å². The van der Waals surface area contributed by atoms with E-state index in [1.54, 1.807) is 0 Å². The molecule has 92 valence electrons. The van der Waals surface area contributed by atoms with E-state index in [-0.39, 0.29) is 5.78 Å². The molecule has 2 rings (SSSR count). The van der Waals surface area contributed by atoms with Crippen LogP contribution in [-0.4, -0.2) is 10.8 Å². The van der Waals surface area contributed by atoms with Crippen LogP contribution >= 0.6 is 15.9 Å². The number of benzene rings is 1. The summed E-state index contributed by atoms with van der Waals surface area (Å²) in [6, 6.07) is 11.5. The van der Waals surface area contributed by atoms with E-state index >= 15 is 0 Å². The van der Waals surface area contributed by atoms with Gasteiger partial charge in [-0.1, -0.05) is 34.1 Å². The van der Waals surface area contributed by atoms with E-state index in [2.05, 4.69) is 20.9 Å². The summed E-state index contributed by atoms with van der Waals surface area (Å²) in [4.78, 5) is 16.5. The molecule has 0 spiro atoms. The molecule has 18 heavy (non-hydrogen) atoms. The zero-order chi connectivity index (χ0) is 13.1. The predicted molar refractivity (Wildman–Crippen MR) is 75.9 cm³/mol. The van der Waals surface area contributed by atoms with Gasteiger partial charge < -0.3 is 0 Å². The second-order valence-corrected chi connectivity index (χ2v) is 5.18. The minimum absolute atomic E-state index is 0.121. The van der Waals surface area contributed by atoms with E-state index in [1.165, 1.54) is 0 Å². The average Bonchev–Trinajstić information content (AvgIpc) is 2.31. The summed E-state index contributed by atoms with van der Waals surface area (Å²) in [6.07, 6.45) is 0.407. The molecule has 0 fully saturated rings. The van der Waals surface area contributed by atoms with E-state index in [0.717, 1.165) is 27.0 Å². The largest absolute Gasteiger partial charge is 0.294 e. The Labute approximate surface area is 115 Å². The van der Waals surface area contributed by atoms with Crippen molar-refractivity contribution in [3.63, 3.8) is 0 Å². The van der Waals surface area contributed by atoms with Crippen molar-refractivity contribution in [2.75, 3.05) is 0 Å². The van der Waals surface area contributed by atoms with Crippen LogP contribution in [-0.2, 0) is 6.42 Å². The highest BCUT2D eigenvalue weighted by Crippen LogP contribution is 2.18. The van der Waals surface area contributed by atoms with E-state index in [0.29, 0.717) is 6.42 Å². The summed E-state index contributed by atoms with van der Waals surface area (Å²) in [5.74, 6) is 0.121. The molecule has 0 radical (unpaired) electrons. The van der Waals surface area contributed by atoms with Gasteiger partial charge in [-0.3, -0.25) is 9.78 Å². The van der Waals surface area contributed by atoms with Crippen LogP contribution in [0.1, 0.15) is 27.3 Å². The number of halogens is 1. The van der Waals surface area contributed by atoms with Gasteiger partial charge in [0.15, 0.2) is 5.78 Å². The molecular weight excluding hydrogens is 290 g/mol. The Morgan fingerprint density at radius 1 is 1.17 bits per heavy atom. The summed E-state index contributed by atoms with van der Waals surface area (Å²) >= 11 is 3.46. The monoisotopic (exact) mass is 303 g/mol. The summed E-state index contributed by atoms with van der Waals surface area (Å²) in [5.41, 5.74) is 3.50. The highest BCUT2D eigenvalue weighted by Gasteiger charge is 2.10. The molecule has 1 heterocycles. The third-order valence-electron chi connectivity index (χ3n) is 2.71. The Hall–Kier alpha value is -1.48. The fourth-order valence-corrected chi connectivity index (χ4v) is 2.34. The first kappa shape index (κ1) is 13.0. The van der Waals surface area contributed by atoms with Crippen molar-refractivity contribution in [3.05, 3.63) is 63.4 Å². The summed E-state index contributed by atoms with van der Waals surface area (Å²) in [7, 11) is 0. The lowest BCUT2D eigenvalue weighted by Crippen LogP contribution is -2.05. The SMILES string of the molecule is Cc1cc(C(=O)Cc2ccccc2Br)cc(C)n1. The van der Waals surface area contributed by atoms with Crippen LogP contribution in [0.4, 0.5) is 0 Å². The zero-order valence-corrected chi connectivity index (χ0v) is 12.0. The normalized spacial score (nSPS) is 10.4. The number of rotatable bonds is 3. The molecule has 0 aliphatic carbocycles. The molecule has 3 heteroatoms. The molecule has 0 amide bonds. The standard InChI is InChI=1S/C15H14BrNO/c1-10-7-13(8-11(2)17-10)15(18)9-12-5-3-4-6-14(12)16/h3-8H,9H2,1-2H3. The average molecular weight is 304 g/mol. The molecule has 1 aromatic carbocycles. The quantitative estimate of drug-likeness (QED) is 0.805. The molecule has 0 saturated carbocycles. The van der Waals surface area contributed by atoms with Crippen molar-refractivity contribution in [2.24, 2.45) is 0 Å². The van der Waals surface area contributed by atoms with E-state index in [9.17, 15) is 4.79 Å². The van der Waals surface area contributed by atoms with Gasteiger partial charge in [-0.05, 0) is 37.6 Å². The van der Waals surface area contributed by atoms with Crippen LogP contribution in [0.25, 0.3) is 0 Å². The van der Waals surface area contributed by atoms with Crippen LogP contribution in [0.15, 0.2) is 40.9 Å². The Bertz CT molecular complexity index is 573. The Balaban J connectivity index is 2.25. The van der Waals surface area contributed by atoms with Crippen molar-refractivity contribution in [2.45, 2.75) is 20.3 Å². The van der Waals surface area contributed by atoms with Crippen LogP contribution < -0.4 is 0 Å². The fraction of sp³-hybridized carbons (Fsp3) is 0.200. The van der Waals surface area contributed by atoms with E-state index in [1.807, 2.05) is 50.2 Å². The van der Waals surface area contributed by atoms with Gasteiger partial charge in [-0.25, -0.2) is 0 Å². The number of carbonyl (C=O) groups is 1. The first-order chi connectivity index (χ1) is 8.56. The molecule has 0 atom stereocenters. The lowest BCUT2D eigenvalue weighted by atomic mass is 10.0. The molecule has 0 unspecified atom stereocenters. The zero-order valence-electron chi connectivity index (χ0n) is 10.4. The molecule has 2 aromatic rings. The third-order valence-corrected chi connectivity index (χ3v) is 3.49. The lowest BCUT2D eigenvalue weighted by Gasteiger charge is -2.05. The minimum Gasteiger partial charge on any atom is -0.294 e. The summed E-state index contributed by atoms with van der Waals surface area (Å²) < 4.78 is 0.973. The number of aryl methyl sites for hydroxylation is 2. The van der Waals surface area contributed by atoms with Gasteiger partial charge in [0.25, 0.3) is 0 Å². The fourth-order valence-electron chi connectivity index (χ4n) is 1.91. The number of Topliss-reactive ketones (excluding diaryl/α,β-unsaturated/α-hetero) is 1. The Morgan fingerprint density at radius 2 is 1.78 bits per heavy atom. The Kier molecular flexibility index (Phi) is 3.92. The molecule has 0 aliphatic heterocycles. The molecule has 2 nitrogen and oxygen atoms in total. The molecule has 1 aromatic heterocycles. The van der Waals surface area contributed by atoms with Crippen molar-refractivity contribution in [3.8, 4) is 0 Å². The second kappa shape index (κ2) is 5.44. The highest BCUT2D eigenvalue weighted by molar-refractivity contribution is 9.10. The predicted octanol–water partition coefficient (Wildman–Crippen LogP) is 3.89. The van der Waals surface area contributed by atoms with Gasteiger partial charge in [0.2, 0.25) is 0 Å². The Morgan fingerprint density at radius 3 is 2.39 bits per heavy atom. The number of ketones is 1. The van der Waals surface area contributed by atoms with Crippen LogP contribution in [0.5, 0.6) is 0 Å². The van der Waals surface area contributed by atoms with Gasteiger partial charge in [-0.15, -0.1) is 0 Å². The van der Waals surface area contributed by atoms with Crippen LogP contribution in [0.2, 0.25) is 0 Å². The molecule has 0 saturated heterocycles. The van der Waals surface area contributed by atoms with Crippen molar-refractivity contribution in [1.82, 2.24) is 4.98 Å². The van der Waals surface area contributed by atoms with Crippen LogP contribution in [0, 0.1) is 13.8 Å². The number of pyridine rings is 1. The maximum atomic E-state index is 12.2. The second-order valence-electron chi connectivity index (χ2n) is 4.33. The number of aromatic nitrogens is 1. The summed E-state index contributed by atoms with van der Waals surface area (Å²) in [6.45, 7) is 3.81. The number of nitrogens with zero attached hydrogens (tertiary/aromatic N) is 1. The first-order valence-electron chi connectivity index (χ1n) is 5.78. The lowest BCUT2D eigenvalue weighted by molar-refractivity contribution is 0.0992. The van der Waals surface area contributed by atoms with Crippen LogP contribution in [0.3, 0.4) is 0 Å². The van der Waals surface area contributed by atoms with Crippen molar-refractivity contribution in [1.29, 1.82) is 0 Å². The van der Waals surface area contributed by atoms with Gasteiger partial charge in [0, 0.05) is 27.8 Å². The maximum absolute atomic E-state index is 12.2. The van der Waals surface area contributed by atoms with Gasteiger partial charge >= 0.3 is 0 Å². The van der Waals surface area contributed by atoms with E-state index < -0.39 is 0 Å². The number of hydrogen-bond donors (Lipinski definition) is 0. The van der Waals surface area contributed by atoms with Gasteiger partial charge in [0.05, 0.1) is 0 Å². The topological polar surface area (TPSA) is 30.0 Å². The molecule has 0 bridgehead atoms. The minimum atomic E-state index is 0.121. The third kappa shape index (κ3) is 3.05. The van der Waals surface area contributed by atoms with Gasteiger partial charge in [-0.2, -0.15) is 0 Å². The maximum Gasteiger partial charge on any atom is 0.167 e. The number of hydrogen-bond acceptors (Lipinski definition) is 2. The van der Waals surface area contributed by atoms with Crippen molar-refractivity contribution >= 4 is 21.7 Å². The molecule has 0 aliphatic rings. The molecule has 0 N–H and O–H groups in total. The smallest absolute Gasteiger partial charge is 0.167 e. The number of carbonyl (C=O) groups excluding carboxylic acids is 1. The van der Waals surface area contributed by atoms with Crippen molar-refractivity contribution < 1.29 is 4.79 Å². The highest BCUT2D eigenvalue weighted by atomic mass is 79.9. The molecular formula is C15H14BrNO. The first-order valence-corrected chi connectivity index (χ1v) is 6.57.